The van der Waals surface area contributed by atoms with E-state index in [9.17, 15) is 4.79 Å². The number of hydrogen-bond donors (Lipinski definition) is 6. The maximum absolute atomic E-state index is 12.4. The monoisotopic (exact) mass is 530 g/mol. The maximum atomic E-state index is 12.4. The SMILES string of the molecule is CN/C=C(\N=N)C(=O)Nc1cccc(SNC(Cc2cccc(C(=N)N)c2)c2nc3ccccc3s2)c1. The van der Waals surface area contributed by atoms with Crippen molar-refractivity contribution < 1.29 is 4.79 Å². The van der Waals surface area contributed by atoms with Crippen LogP contribution in [0.2, 0.25) is 0 Å². The van der Waals surface area contributed by atoms with Gasteiger partial charge in [0.1, 0.15) is 10.8 Å². The average Bonchev–Trinajstić information content (AvgIpc) is 3.34. The molecule has 1 atom stereocenters. The highest BCUT2D eigenvalue weighted by atomic mass is 32.2. The van der Waals surface area contributed by atoms with E-state index in [1.165, 1.54) is 18.1 Å². The van der Waals surface area contributed by atoms with Gasteiger partial charge >= 0.3 is 0 Å². The second-order valence-electron chi connectivity index (χ2n) is 8.02. The number of nitrogens with zero attached hydrogens (tertiary/aromatic N) is 2. The number of anilines is 1. The molecule has 1 unspecified atom stereocenters. The molecule has 9 nitrogen and oxygen atoms in total. The standard InChI is InChI=1S/C26H26N8OS2/c1-30-15-22(33-29)25(35)31-18-8-5-9-19(14-18)37-34-21(13-16-6-4-7-17(12-16)24(27)28)26-32-20-10-2-3-11-23(20)36-26/h2-12,14-15,21,29-30,34H,13H2,1H3,(H3,27,28)(H,31,35)/b22-15-,33-29?. The predicted octanol–water partition coefficient (Wildman–Crippen LogP) is 5.19. The van der Waals surface area contributed by atoms with Gasteiger partial charge in [0.05, 0.1) is 16.3 Å². The van der Waals surface area contributed by atoms with Gasteiger partial charge in [0.2, 0.25) is 0 Å². The van der Waals surface area contributed by atoms with Gasteiger partial charge in [0, 0.05) is 29.4 Å². The second kappa shape index (κ2) is 12.3. The highest BCUT2D eigenvalue weighted by molar-refractivity contribution is 7.97. The number of carbonyl (C=O) groups is 1. The van der Waals surface area contributed by atoms with Gasteiger partial charge in [0.25, 0.3) is 5.91 Å². The molecule has 1 aromatic heterocycles. The lowest BCUT2D eigenvalue weighted by molar-refractivity contribution is -0.113. The summed E-state index contributed by atoms with van der Waals surface area (Å²) in [4.78, 5) is 18.1. The Bertz CT molecular complexity index is 1430. The number of benzene rings is 3. The summed E-state index contributed by atoms with van der Waals surface area (Å²) < 4.78 is 4.66. The molecular weight excluding hydrogens is 504 g/mol. The molecule has 7 N–H and O–H groups in total. The fourth-order valence-corrected chi connectivity index (χ4v) is 5.48. The summed E-state index contributed by atoms with van der Waals surface area (Å²) in [5.41, 5.74) is 16.1. The van der Waals surface area contributed by atoms with Crippen molar-refractivity contribution in [1.29, 1.82) is 10.9 Å². The maximum Gasteiger partial charge on any atom is 0.277 e. The number of para-hydroxylation sites is 1. The van der Waals surface area contributed by atoms with Gasteiger partial charge in [0.15, 0.2) is 5.70 Å². The number of hydrogen-bond acceptors (Lipinski definition) is 9. The normalized spacial score (nSPS) is 12.2. The van der Waals surface area contributed by atoms with Crippen molar-refractivity contribution in [3.05, 3.63) is 101 Å². The van der Waals surface area contributed by atoms with Crippen LogP contribution in [0.4, 0.5) is 5.69 Å². The summed E-state index contributed by atoms with van der Waals surface area (Å²) in [5, 5.41) is 17.5. The van der Waals surface area contributed by atoms with Gasteiger partial charge in [-0.25, -0.2) is 15.2 Å². The fourth-order valence-electron chi connectivity index (χ4n) is 3.58. The lowest BCUT2D eigenvalue weighted by Gasteiger charge is -2.17. The average molecular weight is 531 g/mol. The lowest BCUT2D eigenvalue weighted by Crippen LogP contribution is -2.18. The highest BCUT2D eigenvalue weighted by Crippen LogP contribution is 2.31. The molecule has 0 aliphatic heterocycles. The van der Waals surface area contributed by atoms with E-state index in [1.807, 2.05) is 60.7 Å². The van der Waals surface area contributed by atoms with E-state index in [4.69, 9.17) is 21.7 Å². The molecule has 0 saturated carbocycles. The van der Waals surface area contributed by atoms with E-state index in [2.05, 4.69) is 26.5 Å². The first-order valence-corrected chi connectivity index (χ1v) is 13.0. The molecule has 0 aliphatic carbocycles. The predicted molar refractivity (Wildman–Crippen MR) is 150 cm³/mol. The van der Waals surface area contributed by atoms with Crippen molar-refractivity contribution in [2.45, 2.75) is 17.4 Å². The van der Waals surface area contributed by atoms with Gasteiger partial charge in [-0.15, -0.1) is 11.3 Å². The zero-order valence-corrected chi connectivity index (χ0v) is 21.6. The van der Waals surface area contributed by atoms with E-state index < -0.39 is 5.91 Å². The Hall–Kier alpha value is -4.06. The van der Waals surface area contributed by atoms with Crippen LogP contribution in [0.25, 0.3) is 10.2 Å². The van der Waals surface area contributed by atoms with Crippen LogP contribution in [0.3, 0.4) is 0 Å². The van der Waals surface area contributed by atoms with E-state index in [0.717, 1.165) is 25.7 Å². The smallest absolute Gasteiger partial charge is 0.277 e. The van der Waals surface area contributed by atoms with Crippen LogP contribution in [0.5, 0.6) is 0 Å². The molecule has 4 aromatic rings. The van der Waals surface area contributed by atoms with Crippen molar-refractivity contribution in [3.8, 4) is 0 Å². The second-order valence-corrected chi connectivity index (χ2v) is 10.00. The highest BCUT2D eigenvalue weighted by Gasteiger charge is 2.18. The van der Waals surface area contributed by atoms with E-state index in [1.54, 1.807) is 24.5 Å². The molecule has 3 aromatic carbocycles. The summed E-state index contributed by atoms with van der Waals surface area (Å²) in [6.07, 6.45) is 2.01. The third-order valence-electron chi connectivity index (χ3n) is 5.33. The molecule has 0 aliphatic rings. The number of rotatable bonds is 11. The first-order valence-electron chi connectivity index (χ1n) is 11.3. The Labute approximate surface area is 222 Å². The molecular formula is C26H26N8OS2. The molecule has 0 fully saturated rings. The number of amidine groups is 1. The number of aromatic nitrogens is 1. The lowest BCUT2D eigenvalue weighted by atomic mass is 10.0. The van der Waals surface area contributed by atoms with Gasteiger partial charge in [-0.05, 0) is 60.3 Å². The van der Waals surface area contributed by atoms with Crippen LogP contribution in [-0.4, -0.2) is 23.8 Å². The molecule has 188 valence electrons. The van der Waals surface area contributed by atoms with Crippen LogP contribution in [0.15, 0.2) is 94.7 Å². The number of amides is 1. The van der Waals surface area contributed by atoms with Crippen molar-refractivity contribution in [3.63, 3.8) is 0 Å². The van der Waals surface area contributed by atoms with Crippen LogP contribution in [0.1, 0.15) is 22.2 Å². The summed E-state index contributed by atoms with van der Waals surface area (Å²) >= 11 is 3.08. The van der Waals surface area contributed by atoms with E-state index >= 15 is 0 Å². The van der Waals surface area contributed by atoms with Crippen molar-refractivity contribution in [2.24, 2.45) is 10.8 Å². The first-order chi connectivity index (χ1) is 18.0. The van der Waals surface area contributed by atoms with Gasteiger partial charge in [-0.1, -0.05) is 36.4 Å². The van der Waals surface area contributed by atoms with Crippen LogP contribution >= 0.6 is 23.3 Å². The number of nitrogens with two attached hydrogens (primary N) is 1. The number of nitrogens with one attached hydrogen (secondary N) is 5. The molecule has 0 spiro atoms. The van der Waals surface area contributed by atoms with E-state index in [-0.39, 0.29) is 17.6 Å². The van der Waals surface area contributed by atoms with Crippen molar-refractivity contribution >= 4 is 50.9 Å². The largest absolute Gasteiger partial charge is 0.392 e. The quantitative estimate of drug-likeness (QED) is 0.0516. The minimum atomic E-state index is -0.475. The van der Waals surface area contributed by atoms with Crippen LogP contribution in [0, 0.1) is 10.9 Å². The Kier molecular flexibility index (Phi) is 8.62. The number of thiazole rings is 1. The van der Waals surface area contributed by atoms with Crippen molar-refractivity contribution in [2.75, 3.05) is 12.4 Å². The zero-order valence-electron chi connectivity index (χ0n) is 20.0. The molecule has 1 heterocycles. The van der Waals surface area contributed by atoms with E-state index in [0.29, 0.717) is 17.7 Å². The minimum absolute atomic E-state index is 0.0256. The molecule has 37 heavy (non-hydrogen) atoms. The summed E-state index contributed by atoms with van der Waals surface area (Å²) in [6, 6.07) is 23.0. The molecule has 0 saturated heterocycles. The Balaban J connectivity index is 1.55. The van der Waals surface area contributed by atoms with Crippen molar-refractivity contribution in [1.82, 2.24) is 15.0 Å². The van der Waals surface area contributed by atoms with Gasteiger partial charge < -0.3 is 16.4 Å². The minimum Gasteiger partial charge on any atom is -0.392 e. The Morgan fingerprint density at radius 2 is 1.97 bits per heavy atom. The van der Waals surface area contributed by atoms with Crippen LogP contribution in [-0.2, 0) is 11.2 Å². The third-order valence-corrected chi connectivity index (χ3v) is 7.37. The van der Waals surface area contributed by atoms with Gasteiger partial charge in [-0.3, -0.25) is 10.2 Å². The molecule has 0 radical (unpaired) electrons. The number of fused-ring (bicyclic) bond motifs is 1. The molecule has 4 rings (SSSR count). The summed E-state index contributed by atoms with van der Waals surface area (Å²) in [7, 11) is 1.64. The summed E-state index contributed by atoms with van der Waals surface area (Å²) in [6.45, 7) is 0. The van der Waals surface area contributed by atoms with Crippen LogP contribution < -0.4 is 21.1 Å². The third kappa shape index (κ3) is 6.79. The Morgan fingerprint density at radius 1 is 1.16 bits per heavy atom. The Morgan fingerprint density at radius 3 is 2.73 bits per heavy atom. The topological polar surface area (TPSA) is 152 Å². The van der Waals surface area contributed by atoms with Gasteiger partial charge in [-0.2, -0.15) is 5.11 Å². The number of nitrogen functional groups attached to an aromatic ring is 1. The fraction of sp³-hybridized carbons (Fsp3) is 0.115. The summed E-state index contributed by atoms with van der Waals surface area (Å²) in [5.74, 6) is -0.442. The zero-order chi connectivity index (χ0) is 26.2. The first kappa shape index (κ1) is 26.0. The molecule has 0 bridgehead atoms. The molecule has 1 amide bonds. The number of carbonyl (C=O) groups excluding carboxylic acids is 1. The molecule has 11 heteroatoms.